The van der Waals surface area contributed by atoms with Crippen molar-refractivity contribution in [3.05, 3.63) is 48.0 Å². The molecule has 98 valence electrons. The summed E-state index contributed by atoms with van der Waals surface area (Å²) in [6.45, 7) is 7.43. The molecule has 1 saturated carbocycles. The Balaban J connectivity index is 1.79. The Bertz CT molecular complexity index is 358. The largest absolute Gasteiger partial charge is 0.377 e. The van der Waals surface area contributed by atoms with E-state index in [1.54, 1.807) is 0 Å². The second kappa shape index (κ2) is 6.75. The van der Waals surface area contributed by atoms with Gasteiger partial charge in [-0.15, -0.1) is 6.58 Å². The van der Waals surface area contributed by atoms with Crippen LogP contribution in [0.2, 0.25) is 0 Å². The third-order valence-corrected chi connectivity index (χ3v) is 3.98. The van der Waals surface area contributed by atoms with Crippen LogP contribution in [0.4, 0.5) is 0 Å². The van der Waals surface area contributed by atoms with E-state index in [2.05, 4.69) is 37.8 Å². The van der Waals surface area contributed by atoms with E-state index >= 15 is 0 Å². The lowest BCUT2D eigenvalue weighted by molar-refractivity contribution is 0.102. The molecule has 1 heteroatoms. The van der Waals surface area contributed by atoms with Gasteiger partial charge < -0.3 is 4.74 Å². The van der Waals surface area contributed by atoms with Crippen molar-refractivity contribution in [2.24, 2.45) is 5.92 Å². The maximum atomic E-state index is 5.56. The first kappa shape index (κ1) is 13.4. The highest BCUT2D eigenvalue weighted by molar-refractivity contribution is 5.24. The highest BCUT2D eigenvalue weighted by Crippen LogP contribution is 2.35. The van der Waals surface area contributed by atoms with E-state index in [0.29, 0.717) is 6.61 Å². The molecule has 1 aromatic rings. The molecule has 0 N–H and O–H groups in total. The van der Waals surface area contributed by atoms with Crippen LogP contribution >= 0.6 is 0 Å². The van der Waals surface area contributed by atoms with Crippen LogP contribution in [0.1, 0.15) is 42.7 Å². The minimum absolute atomic E-state index is 0.692. The first-order valence-electron chi connectivity index (χ1n) is 7.05. The lowest BCUT2D eigenvalue weighted by Crippen LogP contribution is -2.18. The molecule has 1 aliphatic rings. The van der Waals surface area contributed by atoms with Gasteiger partial charge in [-0.2, -0.15) is 0 Å². The fourth-order valence-corrected chi connectivity index (χ4v) is 2.82. The summed E-state index contributed by atoms with van der Waals surface area (Å²) < 4.78 is 5.56. The molecule has 18 heavy (non-hydrogen) atoms. The van der Waals surface area contributed by atoms with Gasteiger partial charge in [-0.3, -0.25) is 0 Å². The molecule has 1 aliphatic carbocycles. The zero-order valence-electron chi connectivity index (χ0n) is 11.4. The highest BCUT2D eigenvalue weighted by Gasteiger charge is 2.22. The summed E-state index contributed by atoms with van der Waals surface area (Å²) in [7, 11) is 0. The summed E-state index contributed by atoms with van der Waals surface area (Å²) in [4.78, 5) is 0. The Hall–Kier alpha value is -1.08. The Labute approximate surface area is 111 Å². The van der Waals surface area contributed by atoms with Crippen molar-refractivity contribution in [1.82, 2.24) is 0 Å². The van der Waals surface area contributed by atoms with Gasteiger partial charge in [-0.25, -0.2) is 0 Å². The smallest absolute Gasteiger partial charge is 0.0644 e. The lowest BCUT2D eigenvalue weighted by atomic mass is 9.79. The first-order chi connectivity index (χ1) is 8.79. The van der Waals surface area contributed by atoms with Crippen molar-refractivity contribution < 1.29 is 4.74 Å². The number of ether oxygens (including phenoxy) is 1. The van der Waals surface area contributed by atoms with Crippen LogP contribution < -0.4 is 0 Å². The van der Waals surface area contributed by atoms with E-state index in [1.165, 1.54) is 36.8 Å². The molecule has 0 spiro atoms. The van der Waals surface area contributed by atoms with Crippen molar-refractivity contribution in [1.29, 1.82) is 0 Å². The average molecular weight is 244 g/mol. The molecule has 0 bridgehead atoms. The maximum absolute atomic E-state index is 5.56. The molecule has 0 atom stereocenters. The van der Waals surface area contributed by atoms with Crippen LogP contribution in [0.5, 0.6) is 0 Å². The Morgan fingerprint density at radius 3 is 2.44 bits per heavy atom. The quantitative estimate of drug-likeness (QED) is 0.548. The molecular weight excluding hydrogens is 220 g/mol. The fourth-order valence-electron chi connectivity index (χ4n) is 2.82. The van der Waals surface area contributed by atoms with Gasteiger partial charge in [0.1, 0.15) is 0 Å². The second-order valence-corrected chi connectivity index (χ2v) is 5.45. The summed E-state index contributed by atoms with van der Waals surface area (Å²) in [6.07, 6.45) is 7.06. The van der Waals surface area contributed by atoms with Gasteiger partial charge in [-0.1, -0.05) is 35.9 Å². The van der Waals surface area contributed by atoms with Crippen molar-refractivity contribution in [2.45, 2.75) is 38.5 Å². The molecule has 0 radical (unpaired) electrons. The summed E-state index contributed by atoms with van der Waals surface area (Å²) in [5, 5.41) is 0. The van der Waals surface area contributed by atoms with Crippen LogP contribution in [0.3, 0.4) is 0 Å². The van der Waals surface area contributed by atoms with Gasteiger partial charge >= 0.3 is 0 Å². The van der Waals surface area contributed by atoms with E-state index in [4.69, 9.17) is 4.74 Å². The minimum atomic E-state index is 0.692. The Morgan fingerprint density at radius 1 is 1.17 bits per heavy atom. The van der Waals surface area contributed by atoms with Crippen molar-refractivity contribution in [3.8, 4) is 0 Å². The molecule has 0 aromatic heterocycles. The molecular formula is C17H24O. The average Bonchev–Trinajstić information content (AvgIpc) is 2.41. The zero-order chi connectivity index (χ0) is 12.8. The molecule has 1 nitrogen and oxygen atoms in total. The fraction of sp³-hybridized carbons (Fsp3) is 0.529. The minimum Gasteiger partial charge on any atom is -0.377 e. The molecule has 0 amide bonds. The molecule has 0 unspecified atom stereocenters. The van der Waals surface area contributed by atoms with E-state index in [-0.39, 0.29) is 0 Å². The van der Waals surface area contributed by atoms with Crippen LogP contribution in [-0.4, -0.2) is 13.2 Å². The number of aryl methyl sites for hydroxylation is 1. The molecule has 2 rings (SSSR count). The van der Waals surface area contributed by atoms with Crippen LogP contribution in [0.25, 0.3) is 0 Å². The SMILES string of the molecule is C=CCOCC1CCC(c2ccc(C)cc2)CC1. The lowest BCUT2D eigenvalue weighted by Gasteiger charge is -2.28. The number of benzene rings is 1. The molecule has 0 aliphatic heterocycles. The van der Waals surface area contributed by atoms with Crippen molar-refractivity contribution in [3.63, 3.8) is 0 Å². The normalized spacial score (nSPS) is 23.8. The van der Waals surface area contributed by atoms with Crippen LogP contribution in [-0.2, 0) is 4.74 Å². The molecule has 1 aromatic carbocycles. The van der Waals surface area contributed by atoms with E-state index in [9.17, 15) is 0 Å². The van der Waals surface area contributed by atoms with Gasteiger partial charge in [-0.05, 0) is 50.0 Å². The predicted molar refractivity (Wildman–Crippen MR) is 76.9 cm³/mol. The van der Waals surface area contributed by atoms with E-state index in [0.717, 1.165) is 18.4 Å². The van der Waals surface area contributed by atoms with Crippen LogP contribution in [0, 0.1) is 12.8 Å². The van der Waals surface area contributed by atoms with Gasteiger partial charge in [0.05, 0.1) is 6.61 Å². The van der Waals surface area contributed by atoms with Gasteiger partial charge in [0.15, 0.2) is 0 Å². The maximum Gasteiger partial charge on any atom is 0.0644 e. The second-order valence-electron chi connectivity index (χ2n) is 5.45. The Morgan fingerprint density at radius 2 is 1.83 bits per heavy atom. The summed E-state index contributed by atoms with van der Waals surface area (Å²) in [5.74, 6) is 1.52. The third-order valence-electron chi connectivity index (χ3n) is 3.98. The first-order valence-corrected chi connectivity index (χ1v) is 7.05. The summed E-state index contributed by atoms with van der Waals surface area (Å²) in [5.41, 5.74) is 2.87. The predicted octanol–water partition coefficient (Wildman–Crippen LogP) is 4.47. The van der Waals surface area contributed by atoms with Gasteiger partial charge in [0.2, 0.25) is 0 Å². The molecule has 0 heterocycles. The van der Waals surface area contributed by atoms with Gasteiger partial charge in [0, 0.05) is 6.61 Å². The zero-order valence-corrected chi connectivity index (χ0v) is 11.4. The summed E-state index contributed by atoms with van der Waals surface area (Å²) >= 11 is 0. The van der Waals surface area contributed by atoms with E-state index in [1.807, 2.05) is 6.08 Å². The standard InChI is InChI=1S/C17H24O/c1-3-12-18-13-15-6-10-17(11-7-15)16-8-4-14(2)5-9-16/h3-5,8-9,15,17H,1,6-7,10-13H2,2H3. The number of hydrogen-bond donors (Lipinski definition) is 0. The number of rotatable bonds is 5. The van der Waals surface area contributed by atoms with Gasteiger partial charge in [0.25, 0.3) is 0 Å². The third kappa shape index (κ3) is 3.71. The highest BCUT2D eigenvalue weighted by atomic mass is 16.5. The van der Waals surface area contributed by atoms with E-state index < -0.39 is 0 Å². The topological polar surface area (TPSA) is 9.23 Å². The molecule has 1 fully saturated rings. The number of hydrogen-bond acceptors (Lipinski definition) is 1. The van der Waals surface area contributed by atoms with Crippen LogP contribution in [0.15, 0.2) is 36.9 Å². The Kier molecular flexibility index (Phi) is 5.00. The summed E-state index contributed by atoms with van der Waals surface area (Å²) in [6, 6.07) is 9.06. The monoisotopic (exact) mass is 244 g/mol. The molecule has 0 saturated heterocycles. The van der Waals surface area contributed by atoms with Crippen molar-refractivity contribution in [2.75, 3.05) is 13.2 Å². The van der Waals surface area contributed by atoms with Crippen molar-refractivity contribution >= 4 is 0 Å².